The van der Waals surface area contributed by atoms with Crippen molar-refractivity contribution in [1.29, 1.82) is 0 Å². The Morgan fingerprint density at radius 2 is 2.04 bits per heavy atom. The highest BCUT2D eigenvalue weighted by molar-refractivity contribution is 5.88. The van der Waals surface area contributed by atoms with Crippen LogP contribution in [0.5, 0.6) is 17.4 Å². The molecule has 0 saturated heterocycles. The Kier molecular flexibility index (Phi) is 5.23. The zero-order valence-corrected chi connectivity index (χ0v) is 15.6. The van der Waals surface area contributed by atoms with E-state index >= 15 is 0 Å². The molecule has 1 aromatic carbocycles. The molecule has 1 aliphatic carbocycles. The predicted octanol–water partition coefficient (Wildman–Crippen LogP) is 4.03. The molecule has 0 N–H and O–H groups in total. The van der Waals surface area contributed by atoms with Gasteiger partial charge < -0.3 is 14.2 Å². The summed E-state index contributed by atoms with van der Waals surface area (Å²) in [6.45, 7) is 2.85. The van der Waals surface area contributed by atoms with Crippen molar-refractivity contribution in [1.82, 2.24) is 14.8 Å². The lowest BCUT2D eigenvalue weighted by Crippen LogP contribution is -2.03. The molecule has 2 heterocycles. The van der Waals surface area contributed by atoms with Gasteiger partial charge in [-0.3, -0.25) is 0 Å². The highest BCUT2D eigenvalue weighted by Crippen LogP contribution is 2.30. The second kappa shape index (κ2) is 8.12. The molecular formula is C21H21N3O4. The van der Waals surface area contributed by atoms with Gasteiger partial charge in [0.2, 0.25) is 5.88 Å². The number of ether oxygens (including phenoxy) is 3. The Bertz CT molecular complexity index is 948. The van der Waals surface area contributed by atoms with Gasteiger partial charge in [-0.2, -0.15) is 5.10 Å². The van der Waals surface area contributed by atoms with Gasteiger partial charge in [-0.05, 0) is 43.9 Å². The van der Waals surface area contributed by atoms with Gasteiger partial charge in [-0.1, -0.05) is 6.07 Å². The summed E-state index contributed by atoms with van der Waals surface area (Å²) in [6, 6.07) is 11.1. The Labute approximate surface area is 162 Å². The quantitative estimate of drug-likeness (QED) is 0.550. The maximum absolute atomic E-state index is 11.7. The summed E-state index contributed by atoms with van der Waals surface area (Å²) in [5, 5.41) is 4.17. The number of carbonyl (C=O) groups is 1. The molecule has 0 amide bonds. The van der Waals surface area contributed by atoms with E-state index in [4.69, 9.17) is 14.2 Å². The zero-order chi connectivity index (χ0) is 19.3. The second-order valence-corrected chi connectivity index (χ2v) is 6.58. The smallest absolute Gasteiger partial charge is 0.341 e. The molecule has 0 radical (unpaired) electrons. The minimum Gasteiger partial charge on any atom is -0.493 e. The van der Waals surface area contributed by atoms with E-state index in [1.165, 1.54) is 19.0 Å². The van der Waals surface area contributed by atoms with E-state index in [-0.39, 0.29) is 0 Å². The summed E-state index contributed by atoms with van der Waals surface area (Å²) in [5.41, 5.74) is 1.11. The van der Waals surface area contributed by atoms with E-state index in [2.05, 4.69) is 10.1 Å². The van der Waals surface area contributed by atoms with E-state index < -0.39 is 5.97 Å². The monoisotopic (exact) mass is 379 g/mol. The third-order valence-electron chi connectivity index (χ3n) is 4.29. The second-order valence-electron chi connectivity index (χ2n) is 6.58. The first-order chi connectivity index (χ1) is 13.7. The standard InChI is InChI=1S/C21H21N3O4/c1-2-26-21(25)16-11-23-24(13-16)17-8-9-20(22-12-17)28-19-5-3-4-18(10-19)27-14-15-6-7-15/h3-5,8-13,15H,2,6-7,14H2,1H3. The molecule has 0 unspecified atom stereocenters. The van der Waals surface area contributed by atoms with Crippen LogP contribution in [-0.2, 0) is 4.74 Å². The molecule has 28 heavy (non-hydrogen) atoms. The molecule has 144 valence electrons. The Hall–Kier alpha value is -3.35. The number of carbonyl (C=O) groups excluding carboxylic acids is 1. The summed E-state index contributed by atoms with van der Waals surface area (Å²) < 4.78 is 18.1. The third kappa shape index (κ3) is 4.49. The van der Waals surface area contributed by atoms with Gasteiger partial charge in [-0.25, -0.2) is 14.5 Å². The number of benzene rings is 1. The van der Waals surface area contributed by atoms with E-state index in [0.29, 0.717) is 35.4 Å². The third-order valence-corrected chi connectivity index (χ3v) is 4.29. The van der Waals surface area contributed by atoms with Gasteiger partial charge in [0.15, 0.2) is 0 Å². The van der Waals surface area contributed by atoms with Gasteiger partial charge in [0.05, 0.1) is 36.9 Å². The van der Waals surface area contributed by atoms with E-state index in [1.54, 1.807) is 30.1 Å². The highest BCUT2D eigenvalue weighted by Gasteiger charge is 2.21. The van der Waals surface area contributed by atoms with Gasteiger partial charge >= 0.3 is 5.97 Å². The normalized spacial score (nSPS) is 13.2. The molecule has 0 aliphatic heterocycles. The van der Waals surface area contributed by atoms with Crippen LogP contribution < -0.4 is 9.47 Å². The fourth-order valence-electron chi connectivity index (χ4n) is 2.60. The lowest BCUT2D eigenvalue weighted by atomic mass is 10.3. The van der Waals surface area contributed by atoms with Crippen LogP contribution in [-0.4, -0.2) is 33.9 Å². The molecule has 1 fully saturated rings. The molecule has 0 bridgehead atoms. The summed E-state index contributed by atoms with van der Waals surface area (Å²) in [6.07, 6.45) is 7.21. The van der Waals surface area contributed by atoms with Crippen LogP contribution in [0.4, 0.5) is 0 Å². The summed E-state index contributed by atoms with van der Waals surface area (Å²) in [5.74, 6) is 2.22. The van der Waals surface area contributed by atoms with E-state index in [9.17, 15) is 4.79 Å². The van der Waals surface area contributed by atoms with Crippen LogP contribution in [0.25, 0.3) is 5.69 Å². The maximum atomic E-state index is 11.7. The van der Waals surface area contributed by atoms with Crippen molar-refractivity contribution in [3.8, 4) is 23.1 Å². The summed E-state index contributed by atoms with van der Waals surface area (Å²) >= 11 is 0. The van der Waals surface area contributed by atoms with Crippen molar-refractivity contribution in [3.63, 3.8) is 0 Å². The van der Waals surface area contributed by atoms with Crippen molar-refractivity contribution >= 4 is 5.97 Å². The molecule has 3 aromatic rings. The van der Waals surface area contributed by atoms with Crippen molar-refractivity contribution in [2.24, 2.45) is 5.92 Å². The summed E-state index contributed by atoms with van der Waals surface area (Å²) in [4.78, 5) is 16.1. The molecule has 0 spiro atoms. The van der Waals surface area contributed by atoms with Crippen molar-refractivity contribution in [2.75, 3.05) is 13.2 Å². The number of aromatic nitrogens is 3. The van der Waals surface area contributed by atoms with Crippen LogP contribution in [0.1, 0.15) is 30.1 Å². The number of rotatable bonds is 8. The van der Waals surface area contributed by atoms with Gasteiger partial charge in [0, 0.05) is 18.3 Å². The minimum absolute atomic E-state index is 0.324. The SMILES string of the molecule is CCOC(=O)c1cnn(-c2ccc(Oc3cccc(OCC4CC4)c3)nc2)c1. The fourth-order valence-corrected chi connectivity index (χ4v) is 2.60. The Morgan fingerprint density at radius 1 is 1.18 bits per heavy atom. The average Bonchev–Trinajstić information content (AvgIpc) is 3.41. The topological polar surface area (TPSA) is 75.5 Å². The number of nitrogens with zero attached hydrogens (tertiary/aromatic N) is 3. The van der Waals surface area contributed by atoms with Crippen molar-refractivity contribution < 1.29 is 19.0 Å². The lowest BCUT2D eigenvalue weighted by molar-refractivity contribution is 0.0526. The lowest BCUT2D eigenvalue weighted by Gasteiger charge is -2.09. The molecule has 4 rings (SSSR count). The molecule has 7 nitrogen and oxygen atoms in total. The Balaban J connectivity index is 1.40. The van der Waals surface area contributed by atoms with Crippen LogP contribution in [0.2, 0.25) is 0 Å². The number of hydrogen-bond acceptors (Lipinski definition) is 6. The fraction of sp³-hybridized carbons (Fsp3) is 0.286. The van der Waals surface area contributed by atoms with E-state index in [0.717, 1.165) is 12.4 Å². The molecule has 0 atom stereocenters. The Morgan fingerprint density at radius 3 is 2.79 bits per heavy atom. The molecule has 2 aromatic heterocycles. The first kappa shape index (κ1) is 18.0. The number of pyridine rings is 1. The van der Waals surface area contributed by atoms with E-state index in [1.807, 2.05) is 30.3 Å². The summed E-state index contributed by atoms with van der Waals surface area (Å²) in [7, 11) is 0. The van der Waals surface area contributed by atoms with Crippen LogP contribution in [0.15, 0.2) is 55.0 Å². The molecule has 7 heteroatoms. The van der Waals surface area contributed by atoms with Gasteiger partial charge in [0.25, 0.3) is 0 Å². The molecule has 1 aliphatic rings. The average molecular weight is 379 g/mol. The number of hydrogen-bond donors (Lipinski definition) is 0. The van der Waals surface area contributed by atoms with Gasteiger partial charge in [-0.15, -0.1) is 0 Å². The first-order valence-electron chi connectivity index (χ1n) is 9.30. The van der Waals surface area contributed by atoms with Crippen LogP contribution in [0.3, 0.4) is 0 Å². The first-order valence-corrected chi connectivity index (χ1v) is 9.30. The largest absolute Gasteiger partial charge is 0.493 e. The zero-order valence-electron chi connectivity index (χ0n) is 15.6. The van der Waals surface area contributed by atoms with Crippen LogP contribution in [0, 0.1) is 5.92 Å². The molecule has 1 saturated carbocycles. The highest BCUT2D eigenvalue weighted by atomic mass is 16.5. The maximum Gasteiger partial charge on any atom is 0.341 e. The van der Waals surface area contributed by atoms with Gasteiger partial charge in [0.1, 0.15) is 11.5 Å². The van der Waals surface area contributed by atoms with Crippen LogP contribution >= 0.6 is 0 Å². The van der Waals surface area contributed by atoms with Crippen molar-refractivity contribution in [2.45, 2.75) is 19.8 Å². The molecular weight excluding hydrogens is 358 g/mol. The minimum atomic E-state index is -0.398. The number of esters is 1. The predicted molar refractivity (Wildman–Crippen MR) is 102 cm³/mol. The van der Waals surface area contributed by atoms with Crippen molar-refractivity contribution in [3.05, 3.63) is 60.6 Å².